The molecule has 1 aliphatic carbocycles. The zero-order chi connectivity index (χ0) is 14.5. The van der Waals surface area contributed by atoms with E-state index in [4.69, 9.17) is 0 Å². The molecule has 5 heteroatoms. The maximum Gasteiger partial charge on any atom is 0.229 e. The van der Waals surface area contributed by atoms with Crippen molar-refractivity contribution in [3.63, 3.8) is 0 Å². The molecule has 1 aromatic carbocycles. The molecule has 1 fully saturated rings. The number of para-hydroxylation sites is 1. The number of nitrogens with one attached hydrogen (secondary N) is 2. The Kier molecular flexibility index (Phi) is 4.70. The Morgan fingerprint density at radius 3 is 2.67 bits per heavy atom. The number of hydrogen-bond acceptors (Lipinski definition) is 4. The van der Waals surface area contributed by atoms with Crippen molar-refractivity contribution in [2.24, 2.45) is 0 Å². The summed E-state index contributed by atoms with van der Waals surface area (Å²) in [5.74, 6) is 1.51. The lowest BCUT2D eigenvalue weighted by molar-refractivity contribution is 0.462. The van der Waals surface area contributed by atoms with E-state index >= 15 is 0 Å². The van der Waals surface area contributed by atoms with Crippen molar-refractivity contribution in [3.05, 3.63) is 41.0 Å². The number of hydrogen-bond donors (Lipinski definition) is 2. The second kappa shape index (κ2) is 6.89. The van der Waals surface area contributed by atoms with Gasteiger partial charge in [0.2, 0.25) is 5.95 Å². The molecule has 1 heterocycles. The van der Waals surface area contributed by atoms with Gasteiger partial charge in [0.15, 0.2) is 0 Å². The largest absolute Gasteiger partial charge is 0.367 e. The lowest BCUT2D eigenvalue weighted by Gasteiger charge is -2.23. The topological polar surface area (TPSA) is 49.8 Å². The monoisotopic (exact) mass is 346 g/mol. The molecule has 0 unspecified atom stereocenters. The molecule has 21 heavy (non-hydrogen) atoms. The molecular weight excluding hydrogens is 328 g/mol. The fourth-order valence-corrected chi connectivity index (χ4v) is 3.02. The molecule has 0 amide bonds. The van der Waals surface area contributed by atoms with E-state index in [0.717, 1.165) is 16.0 Å². The van der Waals surface area contributed by atoms with Crippen molar-refractivity contribution in [1.29, 1.82) is 0 Å². The quantitative estimate of drug-likeness (QED) is 0.840. The van der Waals surface area contributed by atoms with Crippen LogP contribution in [0.2, 0.25) is 0 Å². The molecule has 0 radical (unpaired) electrons. The predicted molar refractivity (Wildman–Crippen MR) is 90.0 cm³/mol. The van der Waals surface area contributed by atoms with Crippen molar-refractivity contribution in [2.45, 2.75) is 38.1 Å². The number of benzene rings is 1. The molecule has 2 aromatic rings. The molecule has 0 saturated heterocycles. The van der Waals surface area contributed by atoms with Gasteiger partial charge in [-0.05, 0) is 47.0 Å². The molecule has 1 aliphatic rings. The van der Waals surface area contributed by atoms with Gasteiger partial charge >= 0.3 is 0 Å². The van der Waals surface area contributed by atoms with Crippen LogP contribution in [0.25, 0.3) is 0 Å². The first-order valence-electron chi connectivity index (χ1n) is 7.42. The Morgan fingerprint density at radius 1 is 1.05 bits per heavy atom. The summed E-state index contributed by atoms with van der Waals surface area (Å²) in [5, 5.41) is 6.76. The number of halogens is 1. The Balaban J connectivity index is 1.69. The summed E-state index contributed by atoms with van der Waals surface area (Å²) >= 11 is 3.52. The van der Waals surface area contributed by atoms with Crippen LogP contribution < -0.4 is 10.6 Å². The molecule has 0 atom stereocenters. The first-order valence-corrected chi connectivity index (χ1v) is 8.22. The van der Waals surface area contributed by atoms with Crippen molar-refractivity contribution in [2.75, 3.05) is 10.6 Å². The SMILES string of the molecule is Brc1ccccc1Nc1nccc(NC2CCCCC2)n1. The fraction of sp³-hybridized carbons (Fsp3) is 0.375. The van der Waals surface area contributed by atoms with Crippen molar-refractivity contribution in [1.82, 2.24) is 9.97 Å². The van der Waals surface area contributed by atoms with Gasteiger partial charge in [0, 0.05) is 16.7 Å². The zero-order valence-corrected chi connectivity index (χ0v) is 13.4. The van der Waals surface area contributed by atoms with E-state index < -0.39 is 0 Å². The van der Waals surface area contributed by atoms with Gasteiger partial charge < -0.3 is 10.6 Å². The van der Waals surface area contributed by atoms with E-state index in [1.807, 2.05) is 30.3 Å². The van der Waals surface area contributed by atoms with Gasteiger partial charge in [0.1, 0.15) is 5.82 Å². The lowest BCUT2D eigenvalue weighted by atomic mass is 9.95. The molecule has 3 rings (SSSR count). The lowest BCUT2D eigenvalue weighted by Crippen LogP contribution is -2.22. The van der Waals surface area contributed by atoms with Gasteiger partial charge in [-0.15, -0.1) is 0 Å². The summed E-state index contributed by atoms with van der Waals surface area (Å²) in [6, 6.07) is 10.4. The third kappa shape index (κ3) is 3.94. The second-order valence-corrected chi connectivity index (χ2v) is 6.20. The standard InChI is InChI=1S/C16H19BrN4/c17-13-8-4-5-9-14(13)20-16-18-11-10-15(21-16)19-12-6-2-1-3-7-12/h4-5,8-12H,1-3,6-7H2,(H2,18,19,20,21). The van der Waals surface area contributed by atoms with E-state index in [0.29, 0.717) is 12.0 Å². The van der Waals surface area contributed by atoms with Crippen LogP contribution in [-0.2, 0) is 0 Å². The Morgan fingerprint density at radius 2 is 1.86 bits per heavy atom. The molecule has 4 nitrogen and oxygen atoms in total. The van der Waals surface area contributed by atoms with E-state index in [9.17, 15) is 0 Å². The Hall–Kier alpha value is -1.62. The summed E-state index contributed by atoms with van der Waals surface area (Å²) in [7, 11) is 0. The second-order valence-electron chi connectivity index (χ2n) is 5.35. The van der Waals surface area contributed by atoms with Crippen LogP contribution >= 0.6 is 15.9 Å². The zero-order valence-electron chi connectivity index (χ0n) is 11.8. The van der Waals surface area contributed by atoms with Gasteiger partial charge in [0.25, 0.3) is 0 Å². The number of aromatic nitrogens is 2. The molecule has 0 bridgehead atoms. The van der Waals surface area contributed by atoms with E-state index in [2.05, 4.69) is 36.5 Å². The van der Waals surface area contributed by atoms with Crippen molar-refractivity contribution in [3.8, 4) is 0 Å². The maximum absolute atomic E-state index is 4.55. The van der Waals surface area contributed by atoms with Crippen LogP contribution in [-0.4, -0.2) is 16.0 Å². The minimum Gasteiger partial charge on any atom is -0.367 e. The molecule has 1 aromatic heterocycles. The summed E-state index contributed by atoms with van der Waals surface area (Å²) in [4.78, 5) is 8.83. The van der Waals surface area contributed by atoms with Gasteiger partial charge in [-0.1, -0.05) is 31.4 Å². The summed E-state index contributed by atoms with van der Waals surface area (Å²) in [6.07, 6.45) is 8.23. The number of nitrogens with zero attached hydrogens (tertiary/aromatic N) is 2. The van der Waals surface area contributed by atoms with Crippen LogP contribution in [0.5, 0.6) is 0 Å². The number of rotatable bonds is 4. The Bertz CT molecular complexity index is 596. The van der Waals surface area contributed by atoms with E-state index in [1.165, 1.54) is 32.1 Å². The molecule has 0 aliphatic heterocycles. The van der Waals surface area contributed by atoms with Crippen molar-refractivity contribution < 1.29 is 0 Å². The van der Waals surface area contributed by atoms with Crippen molar-refractivity contribution >= 4 is 33.4 Å². The van der Waals surface area contributed by atoms with E-state index in [1.54, 1.807) is 6.20 Å². The fourth-order valence-electron chi connectivity index (χ4n) is 2.64. The normalized spacial score (nSPS) is 15.7. The van der Waals surface area contributed by atoms with Gasteiger partial charge in [-0.3, -0.25) is 0 Å². The predicted octanol–water partition coefficient (Wildman–Crippen LogP) is 4.73. The highest BCUT2D eigenvalue weighted by Gasteiger charge is 2.13. The molecule has 110 valence electrons. The average molecular weight is 347 g/mol. The maximum atomic E-state index is 4.55. The smallest absolute Gasteiger partial charge is 0.229 e. The first kappa shape index (κ1) is 14.3. The molecule has 0 spiro atoms. The van der Waals surface area contributed by atoms with Gasteiger partial charge in [0.05, 0.1) is 5.69 Å². The Labute approximate surface area is 133 Å². The summed E-state index contributed by atoms with van der Waals surface area (Å²) < 4.78 is 0.999. The molecular formula is C16H19BrN4. The third-order valence-corrected chi connectivity index (χ3v) is 4.42. The first-order chi connectivity index (χ1) is 10.3. The molecule has 2 N–H and O–H groups in total. The molecule has 1 saturated carbocycles. The number of anilines is 3. The third-order valence-electron chi connectivity index (χ3n) is 3.73. The highest BCUT2D eigenvalue weighted by atomic mass is 79.9. The minimum absolute atomic E-state index is 0.546. The average Bonchev–Trinajstić information content (AvgIpc) is 2.51. The van der Waals surface area contributed by atoms with E-state index in [-0.39, 0.29) is 0 Å². The van der Waals surface area contributed by atoms with Gasteiger partial charge in [-0.2, -0.15) is 4.98 Å². The van der Waals surface area contributed by atoms with Crippen LogP contribution in [0.4, 0.5) is 17.5 Å². The highest BCUT2D eigenvalue weighted by Crippen LogP contribution is 2.25. The summed E-state index contributed by atoms with van der Waals surface area (Å²) in [5.41, 5.74) is 0.965. The highest BCUT2D eigenvalue weighted by molar-refractivity contribution is 9.10. The van der Waals surface area contributed by atoms with Gasteiger partial charge in [-0.25, -0.2) is 4.98 Å². The summed E-state index contributed by atoms with van der Waals surface area (Å²) in [6.45, 7) is 0. The minimum atomic E-state index is 0.546. The van der Waals surface area contributed by atoms with Crippen LogP contribution in [0.15, 0.2) is 41.0 Å². The van der Waals surface area contributed by atoms with Crippen LogP contribution in [0.3, 0.4) is 0 Å². The van der Waals surface area contributed by atoms with Crippen LogP contribution in [0.1, 0.15) is 32.1 Å². The van der Waals surface area contributed by atoms with Crippen LogP contribution in [0, 0.1) is 0 Å².